The van der Waals surface area contributed by atoms with Crippen LogP contribution in [0.5, 0.6) is 0 Å². The lowest BCUT2D eigenvalue weighted by atomic mass is 10.2. The molecule has 1 unspecified atom stereocenters. The van der Waals surface area contributed by atoms with E-state index in [0.717, 1.165) is 19.3 Å². The number of primary amides is 1. The number of likely N-dealkylation sites (tertiary alicyclic amines) is 1. The van der Waals surface area contributed by atoms with Crippen LogP contribution in [0.2, 0.25) is 0 Å². The molecular formula is C8H13N3O2. The normalized spacial score (nSPS) is 23.1. The Balaban J connectivity index is 2.71. The number of nitrogens with zero attached hydrogens (tertiary/aromatic N) is 2. The molecular weight excluding hydrogens is 170 g/mol. The zero-order chi connectivity index (χ0) is 9.68. The number of isocyanates is 1. The highest BCUT2D eigenvalue weighted by Crippen LogP contribution is 2.16. The highest BCUT2D eigenvalue weighted by molar-refractivity contribution is 5.72. The number of aliphatic imine (C=N–C) groups is 1. The van der Waals surface area contributed by atoms with E-state index in [1.807, 2.05) is 0 Å². The van der Waals surface area contributed by atoms with Crippen molar-refractivity contribution in [3.63, 3.8) is 0 Å². The van der Waals surface area contributed by atoms with Crippen LogP contribution in [-0.2, 0) is 4.79 Å². The lowest BCUT2D eigenvalue weighted by Crippen LogP contribution is -2.42. The van der Waals surface area contributed by atoms with Gasteiger partial charge in [0.1, 0.15) is 6.17 Å². The molecule has 1 saturated heterocycles. The van der Waals surface area contributed by atoms with Gasteiger partial charge < -0.3 is 10.6 Å². The second-order valence-corrected chi connectivity index (χ2v) is 3.08. The predicted molar refractivity (Wildman–Crippen MR) is 46.7 cm³/mol. The maximum atomic E-state index is 11.0. The van der Waals surface area contributed by atoms with E-state index in [0.29, 0.717) is 13.0 Å². The van der Waals surface area contributed by atoms with E-state index in [1.165, 1.54) is 11.0 Å². The van der Waals surface area contributed by atoms with Crippen LogP contribution in [0.25, 0.3) is 0 Å². The van der Waals surface area contributed by atoms with Crippen molar-refractivity contribution in [1.29, 1.82) is 0 Å². The van der Waals surface area contributed by atoms with Crippen molar-refractivity contribution in [2.75, 3.05) is 6.54 Å². The maximum absolute atomic E-state index is 11.0. The van der Waals surface area contributed by atoms with Gasteiger partial charge in [-0.25, -0.2) is 9.59 Å². The van der Waals surface area contributed by atoms with E-state index in [1.54, 1.807) is 0 Å². The second kappa shape index (κ2) is 4.62. The first-order valence-corrected chi connectivity index (χ1v) is 4.39. The zero-order valence-corrected chi connectivity index (χ0v) is 7.40. The third-order valence-corrected chi connectivity index (χ3v) is 2.21. The lowest BCUT2D eigenvalue weighted by Gasteiger charge is -2.23. The molecule has 72 valence electrons. The Bertz CT molecular complexity index is 226. The molecule has 2 amide bonds. The topological polar surface area (TPSA) is 75.8 Å². The van der Waals surface area contributed by atoms with Crippen molar-refractivity contribution in [1.82, 2.24) is 4.90 Å². The van der Waals surface area contributed by atoms with Gasteiger partial charge in [0.15, 0.2) is 0 Å². The summed E-state index contributed by atoms with van der Waals surface area (Å²) in [5, 5.41) is 0. The molecule has 2 N–H and O–H groups in total. The number of carbonyl (C=O) groups is 1. The fourth-order valence-corrected chi connectivity index (χ4v) is 1.54. The Morgan fingerprint density at radius 2 is 2.23 bits per heavy atom. The fraction of sp³-hybridized carbons (Fsp3) is 0.750. The van der Waals surface area contributed by atoms with E-state index in [-0.39, 0.29) is 0 Å². The van der Waals surface area contributed by atoms with Crippen molar-refractivity contribution in [2.24, 2.45) is 10.7 Å². The van der Waals surface area contributed by atoms with Crippen LogP contribution in [0, 0.1) is 0 Å². The van der Waals surface area contributed by atoms with Gasteiger partial charge in [-0.1, -0.05) is 6.42 Å². The standard InChI is InChI=1S/C8H13N3O2/c9-8(13)11-5-3-1-2-4-7(11)10-6-12/h7H,1-5H2,(H2,9,13). The lowest BCUT2D eigenvalue weighted by molar-refractivity contribution is 0.187. The maximum Gasteiger partial charge on any atom is 0.316 e. The Hall–Kier alpha value is -1.35. The number of rotatable bonds is 1. The molecule has 1 aliphatic rings. The molecule has 5 heteroatoms. The fourth-order valence-electron chi connectivity index (χ4n) is 1.54. The van der Waals surface area contributed by atoms with E-state index in [2.05, 4.69) is 4.99 Å². The van der Waals surface area contributed by atoms with E-state index in [4.69, 9.17) is 5.73 Å². The van der Waals surface area contributed by atoms with Crippen LogP contribution in [0.15, 0.2) is 4.99 Å². The summed E-state index contributed by atoms with van der Waals surface area (Å²) < 4.78 is 0. The molecule has 0 radical (unpaired) electrons. The first kappa shape index (κ1) is 9.74. The third kappa shape index (κ3) is 2.56. The third-order valence-electron chi connectivity index (χ3n) is 2.21. The van der Waals surface area contributed by atoms with Gasteiger partial charge in [0, 0.05) is 6.54 Å². The largest absolute Gasteiger partial charge is 0.351 e. The van der Waals surface area contributed by atoms with Crippen molar-refractivity contribution in [2.45, 2.75) is 31.8 Å². The Morgan fingerprint density at radius 1 is 1.46 bits per heavy atom. The molecule has 1 heterocycles. The summed E-state index contributed by atoms with van der Waals surface area (Å²) in [7, 11) is 0. The van der Waals surface area contributed by atoms with Crippen LogP contribution in [-0.4, -0.2) is 29.7 Å². The number of hydrogen-bond acceptors (Lipinski definition) is 3. The summed E-state index contributed by atoms with van der Waals surface area (Å²) in [5.41, 5.74) is 5.15. The summed E-state index contributed by atoms with van der Waals surface area (Å²) in [6.07, 6.45) is 4.74. The Kier molecular flexibility index (Phi) is 3.46. The summed E-state index contributed by atoms with van der Waals surface area (Å²) >= 11 is 0. The highest BCUT2D eigenvalue weighted by atomic mass is 16.2. The van der Waals surface area contributed by atoms with Crippen LogP contribution < -0.4 is 5.73 Å². The number of hydrogen-bond donors (Lipinski definition) is 1. The van der Waals surface area contributed by atoms with Gasteiger partial charge in [-0.05, 0) is 19.3 Å². The van der Waals surface area contributed by atoms with Crippen molar-refractivity contribution < 1.29 is 9.59 Å². The van der Waals surface area contributed by atoms with Gasteiger partial charge in [0.2, 0.25) is 6.08 Å². The number of carbonyl (C=O) groups excluding carboxylic acids is 2. The molecule has 0 saturated carbocycles. The molecule has 1 atom stereocenters. The van der Waals surface area contributed by atoms with Crippen LogP contribution >= 0.6 is 0 Å². The molecule has 13 heavy (non-hydrogen) atoms. The number of amides is 2. The van der Waals surface area contributed by atoms with Crippen molar-refractivity contribution in [3.05, 3.63) is 0 Å². The first-order chi connectivity index (χ1) is 6.25. The van der Waals surface area contributed by atoms with Crippen LogP contribution in [0.4, 0.5) is 4.79 Å². The summed E-state index contributed by atoms with van der Waals surface area (Å²) in [6, 6.07) is -0.508. The van der Waals surface area contributed by atoms with E-state index >= 15 is 0 Å². The van der Waals surface area contributed by atoms with Gasteiger partial charge >= 0.3 is 6.03 Å². The predicted octanol–water partition coefficient (Wildman–Crippen LogP) is 0.603. The first-order valence-electron chi connectivity index (χ1n) is 4.39. The van der Waals surface area contributed by atoms with Gasteiger partial charge in [0.05, 0.1) is 0 Å². The number of nitrogens with two attached hydrogens (primary N) is 1. The van der Waals surface area contributed by atoms with Gasteiger partial charge in [-0.15, -0.1) is 0 Å². The minimum Gasteiger partial charge on any atom is -0.351 e. The van der Waals surface area contributed by atoms with Gasteiger partial charge in [-0.3, -0.25) is 0 Å². The molecule has 5 nitrogen and oxygen atoms in total. The molecule has 1 rings (SSSR count). The zero-order valence-electron chi connectivity index (χ0n) is 7.40. The molecule has 1 aliphatic heterocycles. The average Bonchev–Trinajstić information content (AvgIpc) is 2.30. The SMILES string of the molecule is NC(=O)N1CCCCCC1N=C=O. The summed E-state index contributed by atoms with van der Waals surface area (Å²) in [6.45, 7) is 0.588. The van der Waals surface area contributed by atoms with Crippen molar-refractivity contribution in [3.8, 4) is 0 Å². The molecule has 0 bridgehead atoms. The van der Waals surface area contributed by atoms with E-state index in [9.17, 15) is 9.59 Å². The quantitative estimate of drug-likeness (QED) is 0.477. The highest BCUT2D eigenvalue weighted by Gasteiger charge is 2.22. The van der Waals surface area contributed by atoms with Gasteiger partial charge in [-0.2, -0.15) is 4.99 Å². The van der Waals surface area contributed by atoms with Crippen LogP contribution in [0.1, 0.15) is 25.7 Å². The Morgan fingerprint density at radius 3 is 2.85 bits per heavy atom. The monoisotopic (exact) mass is 183 g/mol. The smallest absolute Gasteiger partial charge is 0.316 e. The molecule has 0 aromatic carbocycles. The minimum atomic E-state index is -0.508. The summed E-state index contributed by atoms with van der Waals surface area (Å²) in [4.78, 5) is 26.0. The number of urea groups is 1. The summed E-state index contributed by atoms with van der Waals surface area (Å²) in [5.74, 6) is 0. The average molecular weight is 183 g/mol. The molecule has 0 aromatic heterocycles. The molecule has 1 fully saturated rings. The Labute approximate surface area is 76.6 Å². The molecule has 0 aliphatic carbocycles. The minimum absolute atomic E-state index is 0.391. The van der Waals surface area contributed by atoms with E-state index < -0.39 is 12.2 Å². The van der Waals surface area contributed by atoms with Crippen LogP contribution in [0.3, 0.4) is 0 Å². The second-order valence-electron chi connectivity index (χ2n) is 3.08. The molecule has 0 aromatic rings. The molecule has 0 spiro atoms. The van der Waals surface area contributed by atoms with Crippen molar-refractivity contribution >= 4 is 12.1 Å². The van der Waals surface area contributed by atoms with Gasteiger partial charge in [0.25, 0.3) is 0 Å².